The highest BCUT2D eigenvalue weighted by Gasteiger charge is 2.36. The Morgan fingerprint density at radius 3 is 2.58 bits per heavy atom. The fraction of sp³-hybridized carbons (Fsp3) is 0.333. The Hall–Kier alpha value is -4.14. The summed E-state index contributed by atoms with van der Waals surface area (Å²) in [4.78, 5) is 29.4. The molecule has 0 aliphatic heterocycles. The topological polar surface area (TPSA) is 94.3 Å². The molecule has 0 aliphatic carbocycles. The molecule has 1 atom stereocenters. The van der Waals surface area contributed by atoms with Gasteiger partial charge in [-0.05, 0) is 56.7 Å². The number of carbonyl (C=O) groups is 2. The molecular formula is C27H32N6O3. The minimum Gasteiger partial charge on any atom is -0.497 e. The normalized spacial score (nSPS) is 12.4. The van der Waals surface area contributed by atoms with Crippen molar-refractivity contribution in [2.75, 3.05) is 12.0 Å². The van der Waals surface area contributed by atoms with E-state index in [1.165, 1.54) is 4.90 Å². The Balaban J connectivity index is 1.83. The lowest BCUT2D eigenvalue weighted by Gasteiger charge is -2.34. The molecule has 0 bridgehead atoms. The smallest absolute Gasteiger partial charge is 0.249 e. The number of amides is 2. The van der Waals surface area contributed by atoms with Gasteiger partial charge in [0.05, 0.1) is 18.3 Å². The summed E-state index contributed by atoms with van der Waals surface area (Å²) in [5.41, 5.74) is 2.20. The maximum atomic E-state index is 14.0. The van der Waals surface area contributed by atoms with E-state index in [1.807, 2.05) is 75.0 Å². The lowest BCUT2D eigenvalue weighted by molar-refractivity contribution is -0.128. The first kappa shape index (κ1) is 25.0. The van der Waals surface area contributed by atoms with Crippen molar-refractivity contribution in [2.24, 2.45) is 7.05 Å². The fourth-order valence-corrected chi connectivity index (χ4v) is 4.07. The van der Waals surface area contributed by atoms with Crippen molar-refractivity contribution in [2.45, 2.75) is 45.3 Å². The van der Waals surface area contributed by atoms with E-state index < -0.39 is 11.6 Å². The van der Waals surface area contributed by atoms with Crippen molar-refractivity contribution in [3.05, 3.63) is 72.6 Å². The highest BCUT2D eigenvalue weighted by atomic mass is 16.5. The van der Waals surface area contributed by atoms with Crippen molar-refractivity contribution in [3.63, 3.8) is 0 Å². The van der Waals surface area contributed by atoms with Crippen LogP contribution in [0.1, 0.15) is 38.9 Å². The van der Waals surface area contributed by atoms with Gasteiger partial charge in [-0.2, -0.15) is 0 Å². The van der Waals surface area contributed by atoms with Crippen LogP contribution < -0.4 is 15.0 Å². The van der Waals surface area contributed by atoms with Gasteiger partial charge in [-0.3, -0.25) is 14.5 Å². The molecule has 0 saturated heterocycles. The van der Waals surface area contributed by atoms with Gasteiger partial charge in [-0.25, -0.2) is 4.68 Å². The van der Waals surface area contributed by atoms with Gasteiger partial charge in [-0.1, -0.05) is 30.3 Å². The van der Waals surface area contributed by atoms with E-state index in [0.717, 1.165) is 11.9 Å². The second kappa shape index (κ2) is 10.2. The lowest BCUT2D eigenvalue weighted by Crippen LogP contribution is -2.51. The average Bonchev–Trinajstić information content (AvgIpc) is 3.48. The summed E-state index contributed by atoms with van der Waals surface area (Å²) < 4.78 is 8.84. The van der Waals surface area contributed by atoms with Gasteiger partial charge in [-0.15, -0.1) is 5.10 Å². The van der Waals surface area contributed by atoms with Gasteiger partial charge in [0, 0.05) is 30.5 Å². The van der Waals surface area contributed by atoms with Crippen LogP contribution in [0.25, 0.3) is 11.0 Å². The summed E-state index contributed by atoms with van der Waals surface area (Å²) in [7, 11) is 3.43. The molecular weight excluding hydrogens is 456 g/mol. The molecule has 2 aromatic heterocycles. The Morgan fingerprint density at radius 2 is 1.89 bits per heavy atom. The van der Waals surface area contributed by atoms with E-state index in [2.05, 4.69) is 15.6 Å². The van der Waals surface area contributed by atoms with Crippen LogP contribution >= 0.6 is 0 Å². The monoisotopic (exact) mass is 488 g/mol. The number of anilines is 1. The summed E-state index contributed by atoms with van der Waals surface area (Å²) in [5, 5.41) is 11.5. The Kier molecular flexibility index (Phi) is 7.10. The highest BCUT2D eigenvalue weighted by molar-refractivity contribution is 6.01. The molecule has 4 rings (SSSR count). The van der Waals surface area contributed by atoms with Crippen LogP contribution in [0.2, 0.25) is 0 Å². The van der Waals surface area contributed by atoms with Crippen molar-refractivity contribution in [1.29, 1.82) is 0 Å². The molecule has 2 aromatic carbocycles. The SMILES string of the molecule is CCC(C)(C)NC(=O)[C@@H](c1cccn1C)N(C(=O)Cn1nnc2ccccc21)c1cccc(OC)c1. The number of carbonyl (C=O) groups excluding carboxylic acids is 2. The molecule has 0 radical (unpaired) electrons. The van der Waals surface area contributed by atoms with E-state index in [9.17, 15) is 9.59 Å². The first-order valence-corrected chi connectivity index (χ1v) is 11.9. The molecule has 0 aliphatic rings. The zero-order valence-corrected chi connectivity index (χ0v) is 21.3. The number of nitrogens with zero attached hydrogens (tertiary/aromatic N) is 5. The highest BCUT2D eigenvalue weighted by Crippen LogP contribution is 2.31. The van der Waals surface area contributed by atoms with Crippen LogP contribution in [-0.4, -0.2) is 44.0 Å². The third-order valence-electron chi connectivity index (χ3n) is 6.42. The Labute approximate surface area is 210 Å². The third-order valence-corrected chi connectivity index (χ3v) is 6.42. The van der Waals surface area contributed by atoms with E-state index in [0.29, 0.717) is 22.6 Å². The van der Waals surface area contributed by atoms with Crippen LogP contribution in [0.3, 0.4) is 0 Å². The van der Waals surface area contributed by atoms with Crippen LogP contribution in [0.4, 0.5) is 5.69 Å². The van der Waals surface area contributed by atoms with Gasteiger partial charge in [0.1, 0.15) is 17.8 Å². The van der Waals surface area contributed by atoms with Crippen LogP contribution in [-0.2, 0) is 23.2 Å². The average molecular weight is 489 g/mol. The minimum atomic E-state index is -0.926. The lowest BCUT2D eigenvalue weighted by atomic mass is 10.00. The Bertz CT molecular complexity index is 1370. The van der Waals surface area contributed by atoms with Crippen molar-refractivity contribution in [3.8, 4) is 5.75 Å². The number of methoxy groups -OCH3 is 1. The van der Waals surface area contributed by atoms with Crippen molar-refractivity contribution in [1.82, 2.24) is 24.9 Å². The quantitative estimate of drug-likeness (QED) is 0.386. The summed E-state index contributed by atoms with van der Waals surface area (Å²) in [6.07, 6.45) is 2.59. The first-order valence-electron chi connectivity index (χ1n) is 11.9. The van der Waals surface area contributed by atoms with E-state index in [4.69, 9.17) is 4.74 Å². The molecule has 0 unspecified atom stereocenters. The number of hydrogen-bond donors (Lipinski definition) is 1. The summed E-state index contributed by atoms with van der Waals surface area (Å²) in [5.74, 6) is -0.00531. The molecule has 0 fully saturated rings. The predicted molar refractivity (Wildman–Crippen MR) is 139 cm³/mol. The second-order valence-corrected chi connectivity index (χ2v) is 9.37. The molecule has 0 spiro atoms. The number of ether oxygens (including phenoxy) is 1. The number of nitrogens with one attached hydrogen (secondary N) is 1. The van der Waals surface area contributed by atoms with Gasteiger partial charge in [0.15, 0.2) is 6.04 Å². The van der Waals surface area contributed by atoms with Crippen molar-refractivity contribution < 1.29 is 14.3 Å². The summed E-state index contributed by atoms with van der Waals surface area (Å²) in [6, 6.07) is 17.4. The standard InChI is InChI=1S/C27H32N6O3/c1-6-27(2,3)28-26(35)25(23-15-10-16-31(23)4)33(19-11-9-12-20(17-19)36-5)24(34)18-32-22-14-8-7-13-21(22)29-30-32/h7-17,25H,6,18H2,1-5H3,(H,28,35)/t25-/m1/s1. The van der Waals surface area contributed by atoms with Crippen molar-refractivity contribution >= 4 is 28.5 Å². The zero-order chi connectivity index (χ0) is 25.9. The minimum absolute atomic E-state index is 0.0942. The van der Waals surface area contributed by atoms with Crippen LogP contribution in [0.5, 0.6) is 5.75 Å². The van der Waals surface area contributed by atoms with Gasteiger partial charge < -0.3 is 14.6 Å². The summed E-state index contributed by atoms with van der Waals surface area (Å²) >= 11 is 0. The second-order valence-electron chi connectivity index (χ2n) is 9.37. The first-order chi connectivity index (χ1) is 17.2. The largest absolute Gasteiger partial charge is 0.497 e. The molecule has 2 amide bonds. The zero-order valence-electron chi connectivity index (χ0n) is 21.3. The predicted octanol–water partition coefficient (Wildman–Crippen LogP) is 3.86. The number of benzene rings is 2. The molecule has 4 aromatic rings. The number of aromatic nitrogens is 4. The third kappa shape index (κ3) is 5.10. The summed E-state index contributed by atoms with van der Waals surface area (Å²) in [6.45, 7) is 5.85. The van der Waals surface area contributed by atoms with E-state index in [-0.39, 0.29) is 18.4 Å². The fourth-order valence-electron chi connectivity index (χ4n) is 4.07. The number of fused-ring (bicyclic) bond motifs is 1. The Morgan fingerprint density at radius 1 is 1.11 bits per heavy atom. The molecule has 1 N–H and O–H groups in total. The molecule has 2 heterocycles. The molecule has 9 nitrogen and oxygen atoms in total. The van der Waals surface area contributed by atoms with E-state index in [1.54, 1.807) is 36.1 Å². The van der Waals surface area contributed by atoms with Gasteiger partial charge in [0.25, 0.3) is 0 Å². The number of rotatable bonds is 9. The molecule has 0 saturated carbocycles. The molecule has 36 heavy (non-hydrogen) atoms. The van der Waals surface area contributed by atoms with Crippen LogP contribution in [0.15, 0.2) is 66.9 Å². The maximum absolute atomic E-state index is 14.0. The number of para-hydroxylation sites is 1. The molecule has 188 valence electrons. The van der Waals surface area contributed by atoms with Gasteiger partial charge in [0.2, 0.25) is 11.8 Å². The molecule has 9 heteroatoms. The number of aryl methyl sites for hydroxylation is 1. The number of hydrogen-bond acceptors (Lipinski definition) is 5. The van der Waals surface area contributed by atoms with E-state index >= 15 is 0 Å². The van der Waals surface area contributed by atoms with Crippen LogP contribution in [0, 0.1) is 0 Å². The maximum Gasteiger partial charge on any atom is 0.249 e. The van der Waals surface area contributed by atoms with Gasteiger partial charge >= 0.3 is 0 Å².